The number of ether oxygens (including phenoxy) is 1. The highest BCUT2D eigenvalue weighted by atomic mass is 32.3. The smallest absolute Gasteiger partial charge is 0.451 e. The number of hydrogen-bond donors (Lipinski definition) is 1. The molecule has 1 N–H and O–H groups in total. The Morgan fingerprint density at radius 3 is 2.15 bits per heavy atom. The molecule has 0 fully saturated rings. The van der Waals surface area contributed by atoms with Crippen LogP contribution in [0.2, 0.25) is 0 Å². The number of ketones is 1. The highest BCUT2D eigenvalue weighted by Crippen LogP contribution is 2.41. The first kappa shape index (κ1) is 20.2. The van der Waals surface area contributed by atoms with Gasteiger partial charge in [-0.05, 0) is 17.7 Å². The van der Waals surface area contributed by atoms with Gasteiger partial charge >= 0.3 is 16.3 Å². The third kappa shape index (κ3) is 3.16. The van der Waals surface area contributed by atoms with Crippen LogP contribution in [-0.4, -0.2) is 51.5 Å². The first-order chi connectivity index (χ1) is 11.6. The van der Waals surface area contributed by atoms with Gasteiger partial charge in [0.25, 0.3) is 0 Å². The molecule has 1 aliphatic rings. The van der Waals surface area contributed by atoms with Gasteiger partial charge in [0, 0.05) is 19.1 Å². The molecule has 13 heteroatoms. The number of nitrogens with one attached hydrogen (secondary N) is 1. The van der Waals surface area contributed by atoms with E-state index in [-0.39, 0.29) is 11.3 Å². The highest BCUT2D eigenvalue weighted by molar-refractivity contribution is 8.10. The molecule has 1 aromatic rings. The zero-order chi connectivity index (χ0) is 20.1. The normalized spacial score (nSPS) is 16.7. The number of amides is 1. The molecule has 0 bridgehead atoms. The Morgan fingerprint density at radius 2 is 1.69 bits per heavy atom. The van der Waals surface area contributed by atoms with Gasteiger partial charge in [0.1, 0.15) is 5.75 Å². The number of carbonyl (C=O) groups is 2. The summed E-state index contributed by atoms with van der Waals surface area (Å²) >= 11 is 0. The highest BCUT2D eigenvalue weighted by Gasteiger charge is 2.64. The van der Waals surface area contributed by atoms with Gasteiger partial charge in [-0.15, -0.1) is 0 Å². The van der Waals surface area contributed by atoms with E-state index in [1.807, 2.05) is 0 Å². The van der Waals surface area contributed by atoms with Gasteiger partial charge in [0.05, 0.1) is 5.56 Å². The van der Waals surface area contributed by atoms with E-state index in [0.29, 0.717) is 12.5 Å². The minimum Gasteiger partial charge on any atom is -0.451 e. The summed E-state index contributed by atoms with van der Waals surface area (Å²) in [6, 6.07) is 3.16. The van der Waals surface area contributed by atoms with Crippen molar-refractivity contribution < 1.29 is 44.3 Å². The zero-order valence-corrected chi connectivity index (χ0v) is 14.9. The van der Waals surface area contributed by atoms with Crippen LogP contribution in [0.5, 0.6) is 5.75 Å². The van der Waals surface area contributed by atoms with Crippen molar-refractivity contribution in [1.82, 2.24) is 5.32 Å². The quantitative estimate of drug-likeness (QED) is 0.744. The third-order valence-corrected chi connectivity index (χ3v) is 7.80. The van der Waals surface area contributed by atoms with E-state index < -0.39 is 53.9 Å². The lowest BCUT2D eigenvalue weighted by atomic mass is 10.1. The Bertz CT molecular complexity index is 965. The molecule has 0 saturated heterocycles. The number of sulfone groups is 2. The van der Waals surface area contributed by atoms with Crippen molar-refractivity contribution in [1.29, 1.82) is 0 Å². The van der Waals surface area contributed by atoms with E-state index in [2.05, 4.69) is 0 Å². The Hall–Kier alpha value is -2.15. The SMILES string of the molecule is CS(=O)(=O)C1(S(C)(=O)=O)Oc2ccc(CNC(=O)C(F)(F)F)cc2C1=O. The molecule has 2 rings (SSSR count). The third-order valence-electron chi connectivity index (χ3n) is 3.50. The summed E-state index contributed by atoms with van der Waals surface area (Å²) in [4.78, 5) is 23.3. The van der Waals surface area contributed by atoms with Crippen LogP contribution in [-0.2, 0) is 31.0 Å². The molecular weight excluding hydrogens is 403 g/mol. The number of fused-ring (bicyclic) bond motifs is 1. The lowest BCUT2D eigenvalue weighted by molar-refractivity contribution is -0.173. The van der Waals surface area contributed by atoms with Gasteiger partial charge in [-0.2, -0.15) is 13.2 Å². The van der Waals surface area contributed by atoms with Crippen LogP contribution in [0.25, 0.3) is 0 Å². The Kier molecular flexibility index (Phi) is 4.61. The topological polar surface area (TPSA) is 124 Å². The number of alkyl halides is 3. The number of rotatable bonds is 4. The molecule has 0 radical (unpaired) electrons. The number of halogens is 3. The number of benzene rings is 1. The molecule has 0 atom stereocenters. The maximum absolute atomic E-state index is 12.5. The maximum atomic E-state index is 12.5. The lowest BCUT2D eigenvalue weighted by Gasteiger charge is -2.22. The van der Waals surface area contributed by atoms with Gasteiger partial charge in [-0.3, -0.25) is 9.59 Å². The molecule has 1 heterocycles. The average molecular weight is 415 g/mol. The molecule has 1 amide bonds. The summed E-state index contributed by atoms with van der Waals surface area (Å²) in [5, 5.41) is 1.57. The second-order valence-corrected chi connectivity index (χ2v) is 10.0. The monoisotopic (exact) mass is 415 g/mol. The Morgan fingerprint density at radius 1 is 1.15 bits per heavy atom. The predicted molar refractivity (Wildman–Crippen MR) is 81.7 cm³/mol. The van der Waals surface area contributed by atoms with E-state index in [0.717, 1.165) is 18.2 Å². The van der Waals surface area contributed by atoms with Crippen LogP contribution in [0.15, 0.2) is 18.2 Å². The van der Waals surface area contributed by atoms with Crippen molar-refractivity contribution in [3.05, 3.63) is 29.3 Å². The first-order valence-corrected chi connectivity index (χ1v) is 10.5. The van der Waals surface area contributed by atoms with Crippen molar-refractivity contribution in [3.8, 4) is 5.75 Å². The van der Waals surface area contributed by atoms with Crippen LogP contribution >= 0.6 is 0 Å². The molecule has 0 saturated carbocycles. The van der Waals surface area contributed by atoms with Crippen LogP contribution < -0.4 is 10.1 Å². The van der Waals surface area contributed by atoms with Crippen molar-refractivity contribution in [3.63, 3.8) is 0 Å². The number of carbonyl (C=O) groups excluding carboxylic acids is 2. The number of Topliss-reactive ketones (excluding diaryl/α,β-unsaturated/α-hetero) is 1. The predicted octanol–water partition coefficient (Wildman–Crippen LogP) is 0.183. The fourth-order valence-corrected chi connectivity index (χ4v) is 5.93. The minimum atomic E-state index is -5.10. The van der Waals surface area contributed by atoms with E-state index in [4.69, 9.17) is 4.74 Å². The molecule has 0 unspecified atom stereocenters. The summed E-state index contributed by atoms with van der Waals surface area (Å²) in [7, 11) is -9.15. The van der Waals surface area contributed by atoms with Gasteiger partial charge in [0.2, 0.25) is 25.5 Å². The van der Waals surface area contributed by atoms with E-state index in [9.17, 15) is 39.6 Å². The number of hydrogen-bond acceptors (Lipinski definition) is 7. The van der Waals surface area contributed by atoms with Crippen molar-refractivity contribution in [2.24, 2.45) is 0 Å². The summed E-state index contributed by atoms with van der Waals surface area (Å²) in [6.07, 6.45) is -4.07. The zero-order valence-electron chi connectivity index (χ0n) is 13.2. The van der Waals surface area contributed by atoms with Crippen molar-refractivity contribution >= 4 is 31.4 Å². The average Bonchev–Trinajstić information content (AvgIpc) is 2.77. The van der Waals surface area contributed by atoms with Gasteiger partial charge < -0.3 is 10.1 Å². The summed E-state index contributed by atoms with van der Waals surface area (Å²) < 4.78 is 86.3. The van der Waals surface area contributed by atoms with E-state index >= 15 is 0 Å². The van der Waals surface area contributed by atoms with Crippen molar-refractivity contribution in [2.45, 2.75) is 17.0 Å². The van der Waals surface area contributed by atoms with E-state index in [1.54, 1.807) is 5.32 Å². The van der Waals surface area contributed by atoms with Gasteiger partial charge in [0.15, 0.2) is 0 Å². The minimum absolute atomic E-state index is 0.0103. The standard InChI is InChI=1S/C13H12F3NO7S2/c1-25(20,21)13(26(2,22)23)10(18)8-5-7(3-4-9(8)24-13)6-17-11(19)12(14,15)16/h3-5H,6H2,1-2H3,(H,17,19). The van der Waals surface area contributed by atoms with Crippen LogP contribution in [0.4, 0.5) is 13.2 Å². The lowest BCUT2D eigenvalue weighted by Crippen LogP contribution is -2.53. The Balaban J connectivity index is 2.42. The first-order valence-electron chi connectivity index (χ1n) is 6.72. The van der Waals surface area contributed by atoms with Crippen molar-refractivity contribution in [2.75, 3.05) is 12.5 Å². The largest absolute Gasteiger partial charge is 0.471 e. The molecule has 0 aromatic heterocycles. The van der Waals surface area contributed by atoms with Gasteiger partial charge in [-0.25, -0.2) is 16.8 Å². The fraction of sp³-hybridized carbons (Fsp3) is 0.385. The van der Waals surface area contributed by atoms with Crippen LogP contribution in [0, 0.1) is 0 Å². The second-order valence-electron chi connectivity index (χ2n) is 5.54. The molecule has 1 aliphatic heterocycles. The fourth-order valence-electron chi connectivity index (χ4n) is 2.36. The molecular formula is C13H12F3NO7S2. The van der Waals surface area contributed by atoms with E-state index in [1.165, 1.54) is 0 Å². The summed E-state index contributed by atoms with van der Waals surface area (Å²) in [5.74, 6) is -3.93. The molecule has 1 aromatic carbocycles. The Labute approximate surface area is 146 Å². The summed E-state index contributed by atoms with van der Waals surface area (Å²) in [5.41, 5.74) is -0.421. The van der Waals surface area contributed by atoms with Crippen LogP contribution in [0.3, 0.4) is 0 Å². The van der Waals surface area contributed by atoms with Crippen LogP contribution in [0.1, 0.15) is 15.9 Å². The molecule has 26 heavy (non-hydrogen) atoms. The summed E-state index contributed by atoms with van der Waals surface area (Å²) in [6.45, 7) is -0.621. The molecule has 144 valence electrons. The molecule has 0 spiro atoms. The molecule has 8 nitrogen and oxygen atoms in total. The second kappa shape index (κ2) is 5.94. The molecule has 0 aliphatic carbocycles. The van der Waals surface area contributed by atoms with Gasteiger partial charge in [-0.1, -0.05) is 6.07 Å². The maximum Gasteiger partial charge on any atom is 0.471 e.